The summed E-state index contributed by atoms with van der Waals surface area (Å²) in [7, 11) is 0. The summed E-state index contributed by atoms with van der Waals surface area (Å²) >= 11 is 3.43. The summed E-state index contributed by atoms with van der Waals surface area (Å²) < 4.78 is 1.11. The molecule has 0 radical (unpaired) electrons. The summed E-state index contributed by atoms with van der Waals surface area (Å²) in [6.07, 6.45) is 1.04. The van der Waals surface area contributed by atoms with E-state index in [1.807, 2.05) is 18.2 Å². The highest BCUT2D eigenvalue weighted by Gasteiger charge is 1.95. The molecule has 2 heteroatoms. The summed E-state index contributed by atoms with van der Waals surface area (Å²) in [5.74, 6) is 0. The number of halogens is 1. The Bertz CT molecular complexity index is 233. The van der Waals surface area contributed by atoms with Gasteiger partial charge in [0.15, 0.2) is 0 Å². The van der Waals surface area contributed by atoms with Gasteiger partial charge >= 0.3 is 0 Å². The van der Waals surface area contributed by atoms with Crippen LogP contribution in [0.2, 0.25) is 0 Å². The van der Waals surface area contributed by atoms with Crippen molar-refractivity contribution < 1.29 is 0 Å². The quantitative estimate of drug-likeness (QED) is 0.692. The molecule has 0 saturated carbocycles. The van der Waals surface area contributed by atoms with E-state index in [0.717, 1.165) is 16.6 Å². The molecular formula is C8H10BrN. The third kappa shape index (κ3) is 1.51. The van der Waals surface area contributed by atoms with Crippen molar-refractivity contribution in [1.29, 1.82) is 0 Å². The number of rotatable bonds is 1. The zero-order valence-corrected chi connectivity index (χ0v) is 7.48. The monoisotopic (exact) mass is 199 g/mol. The lowest BCUT2D eigenvalue weighted by atomic mass is 10.2. The van der Waals surface area contributed by atoms with Gasteiger partial charge in [0.2, 0.25) is 0 Å². The predicted octanol–water partition coefficient (Wildman–Crippen LogP) is 2.59. The Kier molecular flexibility index (Phi) is 2.33. The molecule has 0 amide bonds. The second-order valence-electron chi connectivity index (χ2n) is 2.20. The van der Waals surface area contributed by atoms with Gasteiger partial charge in [0.25, 0.3) is 0 Å². The molecule has 0 heterocycles. The van der Waals surface area contributed by atoms with E-state index in [1.54, 1.807) is 0 Å². The van der Waals surface area contributed by atoms with Gasteiger partial charge in [0.05, 0.1) is 0 Å². The molecule has 0 atom stereocenters. The standard InChI is InChI=1S/C8H10BrN/c1-2-6-3-4-7(10)5-8(6)9/h3-5H,2,10H2,1H3. The zero-order valence-electron chi connectivity index (χ0n) is 5.89. The van der Waals surface area contributed by atoms with E-state index >= 15 is 0 Å². The van der Waals surface area contributed by atoms with Crippen LogP contribution in [0.5, 0.6) is 0 Å². The fraction of sp³-hybridized carbons (Fsp3) is 0.250. The Morgan fingerprint density at radius 2 is 2.20 bits per heavy atom. The normalized spacial score (nSPS) is 9.80. The van der Waals surface area contributed by atoms with Crippen LogP contribution in [0, 0.1) is 0 Å². The van der Waals surface area contributed by atoms with E-state index in [0.29, 0.717) is 0 Å². The first-order chi connectivity index (χ1) is 4.74. The second-order valence-corrected chi connectivity index (χ2v) is 3.06. The first-order valence-corrected chi connectivity index (χ1v) is 4.07. The third-order valence-corrected chi connectivity index (χ3v) is 2.20. The molecule has 0 fully saturated rings. The van der Waals surface area contributed by atoms with E-state index in [-0.39, 0.29) is 0 Å². The summed E-state index contributed by atoms with van der Waals surface area (Å²) in [5.41, 5.74) is 7.66. The minimum absolute atomic E-state index is 0.809. The van der Waals surface area contributed by atoms with Gasteiger partial charge in [-0.1, -0.05) is 28.9 Å². The van der Waals surface area contributed by atoms with Gasteiger partial charge in [0.1, 0.15) is 0 Å². The maximum absolute atomic E-state index is 5.55. The SMILES string of the molecule is CCc1ccc(N)cc1Br. The van der Waals surface area contributed by atoms with Crippen molar-refractivity contribution in [2.75, 3.05) is 5.73 Å². The van der Waals surface area contributed by atoms with E-state index < -0.39 is 0 Å². The molecule has 0 aromatic heterocycles. The molecule has 0 unspecified atom stereocenters. The number of nitrogens with two attached hydrogens (primary N) is 1. The molecule has 1 aromatic carbocycles. The maximum Gasteiger partial charge on any atom is 0.0325 e. The second kappa shape index (κ2) is 3.06. The van der Waals surface area contributed by atoms with Gasteiger partial charge in [-0.15, -0.1) is 0 Å². The maximum atomic E-state index is 5.55. The largest absolute Gasteiger partial charge is 0.399 e. The zero-order chi connectivity index (χ0) is 7.56. The van der Waals surface area contributed by atoms with Gasteiger partial charge in [-0.3, -0.25) is 0 Å². The summed E-state index contributed by atoms with van der Waals surface area (Å²) in [6.45, 7) is 2.12. The van der Waals surface area contributed by atoms with E-state index in [2.05, 4.69) is 22.9 Å². The van der Waals surface area contributed by atoms with Crippen LogP contribution < -0.4 is 5.73 Å². The molecule has 1 rings (SSSR count). The van der Waals surface area contributed by atoms with Gasteiger partial charge in [-0.05, 0) is 24.1 Å². The lowest BCUT2D eigenvalue weighted by Gasteiger charge is -2.00. The summed E-state index contributed by atoms with van der Waals surface area (Å²) in [5, 5.41) is 0. The average molecular weight is 200 g/mol. The average Bonchev–Trinajstić information content (AvgIpc) is 1.88. The Labute approximate surface area is 69.4 Å². The van der Waals surface area contributed by atoms with E-state index in [1.165, 1.54) is 5.56 Å². The first-order valence-electron chi connectivity index (χ1n) is 3.28. The molecule has 2 N–H and O–H groups in total. The van der Waals surface area contributed by atoms with Gasteiger partial charge in [-0.2, -0.15) is 0 Å². The number of hydrogen-bond acceptors (Lipinski definition) is 1. The molecule has 0 aliphatic heterocycles. The van der Waals surface area contributed by atoms with E-state index in [9.17, 15) is 0 Å². The van der Waals surface area contributed by atoms with Crippen LogP contribution >= 0.6 is 15.9 Å². The van der Waals surface area contributed by atoms with Crippen LogP contribution in [0.15, 0.2) is 22.7 Å². The van der Waals surface area contributed by atoms with Crippen LogP contribution in [0.4, 0.5) is 5.69 Å². The van der Waals surface area contributed by atoms with Crippen molar-refractivity contribution in [3.8, 4) is 0 Å². The molecule has 0 spiro atoms. The van der Waals surface area contributed by atoms with Crippen LogP contribution in [0.1, 0.15) is 12.5 Å². The Morgan fingerprint density at radius 3 is 2.70 bits per heavy atom. The van der Waals surface area contributed by atoms with Crippen LogP contribution in [-0.4, -0.2) is 0 Å². The number of anilines is 1. The molecule has 0 aliphatic carbocycles. The Balaban J connectivity index is 3.07. The molecule has 10 heavy (non-hydrogen) atoms. The minimum atomic E-state index is 0.809. The molecule has 54 valence electrons. The lowest BCUT2D eigenvalue weighted by Crippen LogP contribution is -1.87. The molecule has 1 nitrogen and oxygen atoms in total. The van der Waals surface area contributed by atoms with Gasteiger partial charge in [-0.25, -0.2) is 0 Å². The van der Waals surface area contributed by atoms with E-state index in [4.69, 9.17) is 5.73 Å². The highest BCUT2D eigenvalue weighted by Crippen LogP contribution is 2.19. The van der Waals surface area contributed by atoms with Crippen LogP contribution in [0.25, 0.3) is 0 Å². The number of nitrogen functional groups attached to an aromatic ring is 1. The van der Waals surface area contributed by atoms with Crippen LogP contribution in [0.3, 0.4) is 0 Å². The smallest absolute Gasteiger partial charge is 0.0325 e. The van der Waals surface area contributed by atoms with Crippen molar-refractivity contribution in [3.05, 3.63) is 28.2 Å². The summed E-state index contributed by atoms with van der Waals surface area (Å²) in [6, 6.07) is 5.89. The van der Waals surface area contributed by atoms with Crippen LogP contribution in [-0.2, 0) is 6.42 Å². The first kappa shape index (κ1) is 7.61. The Hall–Kier alpha value is -0.500. The van der Waals surface area contributed by atoms with Gasteiger partial charge in [0, 0.05) is 10.2 Å². The number of aryl methyl sites for hydroxylation is 1. The topological polar surface area (TPSA) is 26.0 Å². The lowest BCUT2D eigenvalue weighted by molar-refractivity contribution is 1.13. The molecule has 0 aliphatic rings. The fourth-order valence-corrected chi connectivity index (χ4v) is 1.53. The molecule has 0 bridgehead atoms. The summed E-state index contributed by atoms with van der Waals surface area (Å²) in [4.78, 5) is 0. The number of benzene rings is 1. The molecule has 0 saturated heterocycles. The van der Waals surface area contributed by atoms with Crippen molar-refractivity contribution in [1.82, 2.24) is 0 Å². The van der Waals surface area contributed by atoms with Crippen molar-refractivity contribution in [3.63, 3.8) is 0 Å². The van der Waals surface area contributed by atoms with Gasteiger partial charge < -0.3 is 5.73 Å². The van der Waals surface area contributed by atoms with Crippen molar-refractivity contribution >= 4 is 21.6 Å². The third-order valence-electron chi connectivity index (χ3n) is 1.46. The fourth-order valence-electron chi connectivity index (χ4n) is 0.850. The molecular weight excluding hydrogens is 190 g/mol. The van der Waals surface area contributed by atoms with Crippen molar-refractivity contribution in [2.24, 2.45) is 0 Å². The number of hydrogen-bond donors (Lipinski definition) is 1. The predicted molar refractivity (Wildman–Crippen MR) is 47.9 cm³/mol. The Morgan fingerprint density at radius 1 is 1.50 bits per heavy atom. The highest BCUT2D eigenvalue weighted by atomic mass is 79.9. The minimum Gasteiger partial charge on any atom is -0.399 e. The highest BCUT2D eigenvalue weighted by molar-refractivity contribution is 9.10. The molecule has 1 aromatic rings. The van der Waals surface area contributed by atoms with Crippen molar-refractivity contribution in [2.45, 2.75) is 13.3 Å².